The Balaban J connectivity index is 1.52. The first-order valence-electron chi connectivity index (χ1n) is 8.95. The minimum absolute atomic E-state index is 0.0171. The molecule has 2 aromatic rings. The van der Waals surface area contributed by atoms with Crippen LogP contribution in [0, 0.1) is 0 Å². The summed E-state index contributed by atoms with van der Waals surface area (Å²) in [7, 11) is 0. The van der Waals surface area contributed by atoms with Crippen molar-refractivity contribution < 1.29 is 14.3 Å². The number of nitrogens with one attached hydrogen (secondary N) is 1. The minimum atomic E-state index is -0.501. The van der Waals surface area contributed by atoms with E-state index in [1.807, 2.05) is 48.5 Å². The van der Waals surface area contributed by atoms with E-state index in [2.05, 4.69) is 26.2 Å². The highest BCUT2D eigenvalue weighted by molar-refractivity contribution is 5.91. The second-order valence-corrected chi connectivity index (χ2v) is 7.50. The molecule has 0 saturated carbocycles. The fourth-order valence-corrected chi connectivity index (χ4v) is 2.78. The van der Waals surface area contributed by atoms with Gasteiger partial charge >= 0.3 is 5.97 Å². The van der Waals surface area contributed by atoms with Crippen molar-refractivity contribution in [1.29, 1.82) is 0 Å². The SMILES string of the molecule is CC(C)(C)c1ccc(C(=O)OCC(=O)N2CC=C(c3ccccc3)N2)cc1. The number of carbonyl (C=O) groups excluding carboxylic acids is 2. The Morgan fingerprint density at radius 2 is 1.70 bits per heavy atom. The maximum atomic E-state index is 12.3. The molecule has 0 fully saturated rings. The van der Waals surface area contributed by atoms with Crippen LogP contribution in [0.3, 0.4) is 0 Å². The maximum absolute atomic E-state index is 12.3. The third-order valence-corrected chi connectivity index (χ3v) is 4.43. The van der Waals surface area contributed by atoms with Gasteiger partial charge in [-0.1, -0.05) is 63.2 Å². The molecule has 0 spiro atoms. The first-order chi connectivity index (χ1) is 12.8. The number of nitrogens with zero attached hydrogens (tertiary/aromatic N) is 1. The van der Waals surface area contributed by atoms with E-state index in [4.69, 9.17) is 4.74 Å². The molecule has 0 aliphatic carbocycles. The molecule has 0 atom stereocenters. The van der Waals surface area contributed by atoms with Gasteiger partial charge in [0.25, 0.3) is 5.91 Å². The number of benzene rings is 2. The summed E-state index contributed by atoms with van der Waals surface area (Å²) in [6, 6.07) is 17.0. The number of esters is 1. The molecule has 5 nitrogen and oxygen atoms in total. The van der Waals surface area contributed by atoms with Crippen molar-refractivity contribution in [2.45, 2.75) is 26.2 Å². The van der Waals surface area contributed by atoms with E-state index in [1.165, 1.54) is 5.01 Å². The summed E-state index contributed by atoms with van der Waals surface area (Å²) in [4.78, 5) is 24.5. The number of hydrazine groups is 1. The number of amides is 1. The van der Waals surface area contributed by atoms with Crippen LogP contribution in [0.1, 0.15) is 42.3 Å². The molecule has 1 aliphatic heterocycles. The van der Waals surface area contributed by atoms with Crippen molar-refractivity contribution in [3.05, 3.63) is 77.4 Å². The van der Waals surface area contributed by atoms with Gasteiger partial charge in [-0.2, -0.15) is 0 Å². The summed E-state index contributed by atoms with van der Waals surface area (Å²) in [5.41, 5.74) is 6.51. The van der Waals surface area contributed by atoms with Crippen LogP contribution in [0.25, 0.3) is 5.70 Å². The van der Waals surface area contributed by atoms with E-state index in [-0.39, 0.29) is 17.9 Å². The molecule has 3 rings (SSSR count). The molecule has 2 aromatic carbocycles. The number of ether oxygens (including phenoxy) is 1. The van der Waals surface area contributed by atoms with Gasteiger partial charge in [-0.05, 0) is 34.8 Å². The van der Waals surface area contributed by atoms with Crippen LogP contribution in [0.4, 0.5) is 0 Å². The lowest BCUT2D eigenvalue weighted by Crippen LogP contribution is -2.40. The molecule has 0 aromatic heterocycles. The Kier molecular flexibility index (Phi) is 5.31. The zero-order chi connectivity index (χ0) is 19.4. The molecule has 1 amide bonds. The lowest BCUT2D eigenvalue weighted by molar-refractivity contribution is -0.135. The van der Waals surface area contributed by atoms with E-state index in [9.17, 15) is 9.59 Å². The van der Waals surface area contributed by atoms with Gasteiger partial charge in [0.2, 0.25) is 0 Å². The maximum Gasteiger partial charge on any atom is 0.338 e. The number of hydrogen-bond acceptors (Lipinski definition) is 4. The lowest BCUT2D eigenvalue weighted by atomic mass is 9.87. The van der Waals surface area contributed by atoms with Crippen molar-refractivity contribution in [2.75, 3.05) is 13.2 Å². The van der Waals surface area contributed by atoms with Crippen LogP contribution in [0.2, 0.25) is 0 Å². The van der Waals surface area contributed by atoms with E-state index >= 15 is 0 Å². The number of hydrogen-bond donors (Lipinski definition) is 1. The van der Waals surface area contributed by atoms with Gasteiger partial charge in [0.05, 0.1) is 17.8 Å². The smallest absolute Gasteiger partial charge is 0.338 e. The Morgan fingerprint density at radius 3 is 2.33 bits per heavy atom. The van der Waals surface area contributed by atoms with Crippen LogP contribution in [-0.2, 0) is 14.9 Å². The third kappa shape index (κ3) is 4.56. The van der Waals surface area contributed by atoms with Gasteiger partial charge in [-0.15, -0.1) is 0 Å². The normalized spacial score (nSPS) is 13.7. The molecule has 5 heteroatoms. The molecule has 0 unspecified atom stereocenters. The summed E-state index contributed by atoms with van der Waals surface area (Å²) in [5, 5.41) is 1.44. The molecule has 1 N–H and O–H groups in total. The van der Waals surface area contributed by atoms with Crippen molar-refractivity contribution in [1.82, 2.24) is 10.4 Å². The standard InChI is InChI=1S/C22H24N2O3/c1-22(2,3)18-11-9-17(10-12-18)21(26)27-15-20(25)24-14-13-19(23-24)16-7-5-4-6-8-16/h4-13,23H,14-15H2,1-3H3. The zero-order valence-electron chi connectivity index (χ0n) is 15.9. The van der Waals surface area contributed by atoms with Gasteiger partial charge in [0, 0.05) is 0 Å². The van der Waals surface area contributed by atoms with Gasteiger partial charge in [0.15, 0.2) is 6.61 Å². The first-order valence-corrected chi connectivity index (χ1v) is 8.95. The zero-order valence-corrected chi connectivity index (χ0v) is 15.9. The first kappa shape index (κ1) is 18.7. The van der Waals surface area contributed by atoms with E-state index in [0.717, 1.165) is 16.8 Å². The molecule has 140 valence electrons. The predicted octanol–water partition coefficient (Wildman–Crippen LogP) is 3.53. The van der Waals surface area contributed by atoms with Crippen LogP contribution in [0.15, 0.2) is 60.7 Å². The van der Waals surface area contributed by atoms with E-state index in [0.29, 0.717) is 12.1 Å². The van der Waals surface area contributed by atoms with Crippen molar-refractivity contribution in [3.8, 4) is 0 Å². The van der Waals surface area contributed by atoms with Crippen LogP contribution in [0.5, 0.6) is 0 Å². The largest absolute Gasteiger partial charge is 0.452 e. The summed E-state index contributed by atoms with van der Waals surface area (Å²) in [6.45, 7) is 6.46. The average Bonchev–Trinajstić information content (AvgIpc) is 3.16. The monoisotopic (exact) mass is 364 g/mol. The molecular weight excluding hydrogens is 340 g/mol. The number of rotatable bonds is 4. The Morgan fingerprint density at radius 1 is 1.04 bits per heavy atom. The Hall–Kier alpha value is -3.08. The van der Waals surface area contributed by atoms with Crippen LogP contribution >= 0.6 is 0 Å². The van der Waals surface area contributed by atoms with Crippen molar-refractivity contribution in [3.63, 3.8) is 0 Å². The van der Waals surface area contributed by atoms with Crippen LogP contribution < -0.4 is 5.43 Å². The minimum Gasteiger partial charge on any atom is -0.452 e. The topological polar surface area (TPSA) is 58.6 Å². The molecule has 27 heavy (non-hydrogen) atoms. The average molecular weight is 364 g/mol. The van der Waals surface area contributed by atoms with Gasteiger partial charge in [-0.25, -0.2) is 9.80 Å². The third-order valence-electron chi connectivity index (χ3n) is 4.43. The Labute approximate surface area is 159 Å². The number of carbonyl (C=O) groups is 2. The van der Waals surface area contributed by atoms with E-state index < -0.39 is 5.97 Å². The predicted molar refractivity (Wildman–Crippen MR) is 105 cm³/mol. The second kappa shape index (κ2) is 7.66. The van der Waals surface area contributed by atoms with Gasteiger partial charge in [-0.3, -0.25) is 10.2 Å². The summed E-state index contributed by atoms with van der Waals surface area (Å²) in [6.07, 6.45) is 1.93. The van der Waals surface area contributed by atoms with Crippen LogP contribution in [-0.4, -0.2) is 30.0 Å². The van der Waals surface area contributed by atoms with Crippen molar-refractivity contribution >= 4 is 17.6 Å². The quantitative estimate of drug-likeness (QED) is 0.843. The second-order valence-electron chi connectivity index (χ2n) is 7.50. The van der Waals surface area contributed by atoms with Gasteiger partial charge < -0.3 is 4.74 Å². The highest BCUT2D eigenvalue weighted by atomic mass is 16.5. The lowest BCUT2D eigenvalue weighted by Gasteiger charge is -2.19. The molecule has 0 radical (unpaired) electrons. The molecule has 1 aliphatic rings. The van der Waals surface area contributed by atoms with Gasteiger partial charge in [0.1, 0.15) is 0 Å². The fraction of sp³-hybridized carbons (Fsp3) is 0.273. The summed E-state index contributed by atoms with van der Waals surface area (Å²) < 4.78 is 5.18. The highest BCUT2D eigenvalue weighted by Gasteiger charge is 2.21. The molecule has 1 heterocycles. The molecular formula is C22H24N2O3. The highest BCUT2D eigenvalue weighted by Crippen LogP contribution is 2.22. The Bertz CT molecular complexity index is 849. The van der Waals surface area contributed by atoms with Crippen molar-refractivity contribution in [2.24, 2.45) is 0 Å². The summed E-state index contributed by atoms with van der Waals surface area (Å²) >= 11 is 0. The molecule has 0 saturated heterocycles. The molecule has 0 bridgehead atoms. The fourth-order valence-electron chi connectivity index (χ4n) is 2.78. The van der Waals surface area contributed by atoms with E-state index in [1.54, 1.807) is 12.1 Å². The summed E-state index contributed by atoms with van der Waals surface area (Å²) in [5.74, 6) is -0.795.